The van der Waals surface area contributed by atoms with Crippen LogP contribution in [0.4, 0.5) is 0 Å². The fourth-order valence-corrected chi connectivity index (χ4v) is 5.24. The minimum Gasteiger partial charge on any atom is -0.444 e. The van der Waals surface area contributed by atoms with E-state index in [4.69, 9.17) is 15.2 Å². The van der Waals surface area contributed by atoms with Crippen LogP contribution in [0.2, 0.25) is 0 Å². The number of carbonyl (C=O) groups excluding carboxylic acids is 1. The largest absolute Gasteiger partial charge is 0.444 e. The lowest BCUT2D eigenvalue weighted by molar-refractivity contribution is -0.119. The van der Waals surface area contributed by atoms with Crippen molar-refractivity contribution in [3.63, 3.8) is 0 Å². The van der Waals surface area contributed by atoms with Gasteiger partial charge in [0.05, 0.1) is 19.1 Å². The average molecular weight is 400 g/mol. The standard InChI is InChI=1S/C21H25N3O3S/c1-21(2)8-15(25)19-16(9-21)27-20(23)14(10-22)18(19)17-7-13(12-28-17)11-24-3-5-26-6-4-24/h7,12,18H,3-6,8-9,11,23H2,1-2H3/t18-/m1/s1. The van der Waals surface area contributed by atoms with Crippen LogP contribution in [0.5, 0.6) is 0 Å². The van der Waals surface area contributed by atoms with Gasteiger partial charge in [-0.05, 0) is 22.4 Å². The summed E-state index contributed by atoms with van der Waals surface area (Å²) in [5.74, 6) is 0.395. The SMILES string of the molecule is CC1(C)CC(=O)C2=C(C1)OC(N)=C(C#N)[C@@H]2c1cc(CN2CCOCC2)cs1. The van der Waals surface area contributed by atoms with Crippen molar-refractivity contribution in [1.82, 2.24) is 4.90 Å². The molecule has 0 saturated carbocycles. The zero-order valence-electron chi connectivity index (χ0n) is 16.3. The number of nitrogens with zero attached hydrogens (tertiary/aromatic N) is 2. The van der Waals surface area contributed by atoms with Gasteiger partial charge < -0.3 is 15.2 Å². The van der Waals surface area contributed by atoms with Gasteiger partial charge in [0, 0.05) is 42.9 Å². The summed E-state index contributed by atoms with van der Waals surface area (Å²) in [6.07, 6.45) is 1.10. The molecule has 0 bridgehead atoms. The first kappa shape index (κ1) is 19.2. The van der Waals surface area contributed by atoms with Gasteiger partial charge in [-0.3, -0.25) is 9.69 Å². The maximum atomic E-state index is 13.0. The minimum atomic E-state index is -0.416. The lowest BCUT2D eigenvalue weighted by Crippen LogP contribution is -2.35. The molecule has 148 valence electrons. The van der Waals surface area contributed by atoms with E-state index in [2.05, 4.69) is 36.3 Å². The van der Waals surface area contributed by atoms with E-state index in [1.54, 1.807) is 11.3 Å². The van der Waals surface area contributed by atoms with E-state index < -0.39 is 5.92 Å². The van der Waals surface area contributed by atoms with Crippen LogP contribution in [0, 0.1) is 16.7 Å². The van der Waals surface area contributed by atoms with Gasteiger partial charge in [-0.2, -0.15) is 5.26 Å². The van der Waals surface area contributed by atoms with E-state index in [0.29, 0.717) is 29.7 Å². The summed E-state index contributed by atoms with van der Waals surface area (Å²) in [4.78, 5) is 16.3. The van der Waals surface area contributed by atoms with Crippen LogP contribution in [-0.2, 0) is 20.8 Å². The number of allylic oxidation sites excluding steroid dienone is 3. The molecular weight excluding hydrogens is 374 g/mol. The zero-order chi connectivity index (χ0) is 19.9. The van der Waals surface area contributed by atoms with E-state index in [9.17, 15) is 10.1 Å². The van der Waals surface area contributed by atoms with E-state index in [1.807, 2.05) is 0 Å². The molecule has 4 rings (SSSR count). The molecule has 2 aliphatic heterocycles. The second-order valence-electron chi connectivity index (χ2n) is 8.45. The number of nitriles is 1. The molecule has 0 spiro atoms. The number of thiophene rings is 1. The molecule has 1 aliphatic carbocycles. The summed E-state index contributed by atoms with van der Waals surface area (Å²) in [6, 6.07) is 4.30. The Morgan fingerprint density at radius 1 is 1.36 bits per heavy atom. The Bertz CT molecular complexity index is 900. The molecule has 1 saturated heterocycles. The number of hydrogen-bond acceptors (Lipinski definition) is 7. The van der Waals surface area contributed by atoms with E-state index in [1.165, 1.54) is 5.56 Å². The van der Waals surface area contributed by atoms with Crippen LogP contribution in [0.15, 0.2) is 34.2 Å². The summed E-state index contributed by atoms with van der Waals surface area (Å²) in [5, 5.41) is 11.8. The maximum Gasteiger partial charge on any atom is 0.205 e. The molecule has 6 nitrogen and oxygen atoms in total. The Morgan fingerprint density at radius 2 is 2.11 bits per heavy atom. The maximum absolute atomic E-state index is 13.0. The van der Waals surface area contributed by atoms with Gasteiger partial charge in [-0.1, -0.05) is 13.8 Å². The molecule has 0 radical (unpaired) electrons. The minimum absolute atomic E-state index is 0.0552. The molecule has 28 heavy (non-hydrogen) atoms. The molecule has 0 amide bonds. The number of hydrogen-bond donors (Lipinski definition) is 1. The third kappa shape index (κ3) is 3.60. The Hall–Kier alpha value is -2.14. The zero-order valence-corrected chi connectivity index (χ0v) is 17.1. The second kappa shape index (κ2) is 7.36. The Balaban J connectivity index is 1.67. The van der Waals surface area contributed by atoms with Crippen LogP contribution in [0.25, 0.3) is 0 Å². The molecule has 3 heterocycles. The molecule has 1 fully saturated rings. The molecule has 0 aromatic carbocycles. The van der Waals surface area contributed by atoms with Gasteiger partial charge in [0.15, 0.2) is 5.78 Å². The summed E-state index contributed by atoms with van der Waals surface area (Å²) < 4.78 is 11.2. The van der Waals surface area contributed by atoms with Crippen LogP contribution in [0.1, 0.15) is 43.0 Å². The monoisotopic (exact) mass is 399 g/mol. The van der Waals surface area contributed by atoms with Crippen molar-refractivity contribution in [2.24, 2.45) is 11.1 Å². The molecule has 1 aromatic rings. The first-order valence-electron chi connectivity index (χ1n) is 9.59. The van der Waals surface area contributed by atoms with Gasteiger partial charge in [-0.25, -0.2) is 0 Å². The second-order valence-corrected chi connectivity index (χ2v) is 9.39. The topological polar surface area (TPSA) is 88.6 Å². The van der Waals surface area contributed by atoms with Crippen molar-refractivity contribution >= 4 is 17.1 Å². The lowest BCUT2D eigenvalue weighted by Gasteiger charge is -2.36. The Morgan fingerprint density at radius 3 is 2.82 bits per heavy atom. The number of ketones is 1. The molecule has 7 heteroatoms. The van der Waals surface area contributed by atoms with Crippen LogP contribution < -0.4 is 5.73 Å². The number of carbonyl (C=O) groups is 1. The molecule has 1 atom stereocenters. The van der Waals surface area contributed by atoms with Gasteiger partial charge in [-0.15, -0.1) is 11.3 Å². The molecule has 3 aliphatic rings. The fraction of sp³-hybridized carbons (Fsp3) is 0.524. The fourth-order valence-electron chi connectivity index (χ4n) is 4.22. The Labute approximate surface area is 169 Å². The van der Waals surface area contributed by atoms with Crippen molar-refractivity contribution in [2.45, 2.75) is 39.2 Å². The summed E-state index contributed by atoms with van der Waals surface area (Å²) in [7, 11) is 0. The quantitative estimate of drug-likeness (QED) is 0.840. The summed E-state index contributed by atoms with van der Waals surface area (Å²) in [5.41, 5.74) is 8.07. The highest BCUT2D eigenvalue weighted by Crippen LogP contribution is 2.48. The van der Waals surface area contributed by atoms with Gasteiger partial charge in [0.25, 0.3) is 0 Å². The van der Waals surface area contributed by atoms with E-state index in [0.717, 1.165) is 37.7 Å². The molecule has 0 unspecified atom stereocenters. The summed E-state index contributed by atoms with van der Waals surface area (Å²) >= 11 is 1.58. The number of morpholine rings is 1. The first-order valence-corrected chi connectivity index (χ1v) is 10.5. The molecule has 1 aromatic heterocycles. The van der Waals surface area contributed by atoms with Crippen LogP contribution in [-0.4, -0.2) is 37.0 Å². The van der Waals surface area contributed by atoms with E-state index in [-0.39, 0.29) is 17.1 Å². The van der Waals surface area contributed by atoms with E-state index >= 15 is 0 Å². The number of nitrogens with two attached hydrogens (primary N) is 1. The van der Waals surface area contributed by atoms with Gasteiger partial charge >= 0.3 is 0 Å². The third-order valence-electron chi connectivity index (χ3n) is 5.54. The predicted molar refractivity (Wildman–Crippen MR) is 106 cm³/mol. The van der Waals surface area contributed by atoms with Crippen molar-refractivity contribution in [1.29, 1.82) is 5.26 Å². The normalized spacial score (nSPS) is 25.3. The van der Waals surface area contributed by atoms with Gasteiger partial charge in [0.2, 0.25) is 5.88 Å². The lowest BCUT2D eigenvalue weighted by atomic mass is 9.71. The molecule has 2 N–H and O–H groups in total. The molecular formula is C21H25N3O3S. The van der Waals surface area contributed by atoms with Crippen LogP contribution >= 0.6 is 11.3 Å². The van der Waals surface area contributed by atoms with Crippen molar-refractivity contribution in [3.8, 4) is 6.07 Å². The number of rotatable bonds is 3. The van der Waals surface area contributed by atoms with Crippen LogP contribution in [0.3, 0.4) is 0 Å². The smallest absolute Gasteiger partial charge is 0.205 e. The Kier molecular flexibility index (Phi) is 5.04. The first-order chi connectivity index (χ1) is 13.4. The van der Waals surface area contributed by atoms with Gasteiger partial charge in [0.1, 0.15) is 17.4 Å². The number of ether oxygens (including phenoxy) is 2. The summed E-state index contributed by atoms with van der Waals surface area (Å²) in [6.45, 7) is 8.31. The highest BCUT2D eigenvalue weighted by atomic mass is 32.1. The highest BCUT2D eigenvalue weighted by molar-refractivity contribution is 7.10. The van der Waals surface area contributed by atoms with Crippen molar-refractivity contribution in [2.75, 3.05) is 26.3 Å². The predicted octanol–water partition coefficient (Wildman–Crippen LogP) is 3.03. The number of Topliss-reactive ketones (excluding diaryl/α,β-unsaturated/α-hetero) is 1. The van der Waals surface area contributed by atoms with Crippen molar-refractivity contribution in [3.05, 3.63) is 44.7 Å². The average Bonchev–Trinajstić information content (AvgIpc) is 3.08. The highest BCUT2D eigenvalue weighted by Gasteiger charge is 2.43. The third-order valence-corrected chi connectivity index (χ3v) is 6.59. The van der Waals surface area contributed by atoms with Crippen molar-refractivity contribution < 1.29 is 14.3 Å².